The van der Waals surface area contributed by atoms with Gasteiger partial charge >= 0.3 is 0 Å². The van der Waals surface area contributed by atoms with Crippen LogP contribution < -0.4 is 5.32 Å². The van der Waals surface area contributed by atoms with E-state index in [0.29, 0.717) is 17.7 Å². The van der Waals surface area contributed by atoms with Gasteiger partial charge in [0.1, 0.15) is 34.1 Å². The number of rotatable bonds is 9. The van der Waals surface area contributed by atoms with E-state index in [1.807, 2.05) is 0 Å². The topological polar surface area (TPSA) is 99.2 Å². The van der Waals surface area contributed by atoms with E-state index in [1.165, 1.54) is 13.0 Å². The van der Waals surface area contributed by atoms with E-state index >= 15 is 0 Å². The lowest BCUT2D eigenvalue weighted by Crippen LogP contribution is -2.27. The Morgan fingerprint density at radius 3 is 2.34 bits per heavy atom. The standard InChI is InChI=1S/C24H23F3N2O4S2/c1-15-12-22(24(30)28-10-3-11-34(2)31)29-14-20(15)23(19-13-17(26)6-9-21(19)27)35(32,33)18-7-4-16(25)5-8-18/h4-9,12-14,23H,3,10-11H2,1-2H3,(H,28,30). The van der Waals surface area contributed by atoms with Gasteiger partial charge in [-0.25, -0.2) is 21.6 Å². The predicted octanol–water partition coefficient (Wildman–Crippen LogP) is 3.87. The van der Waals surface area contributed by atoms with Gasteiger partial charge in [0.05, 0.1) is 11.2 Å². The molecule has 0 fully saturated rings. The number of sulfone groups is 1. The van der Waals surface area contributed by atoms with Crippen molar-refractivity contribution in [3.05, 3.63) is 94.6 Å². The Hall–Kier alpha value is -2.89. The molecule has 0 saturated heterocycles. The number of hydrogen-bond donors (Lipinski definition) is 1. The minimum atomic E-state index is -4.39. The van der Waals surface area contributed by atoms with Crippen molar-refractivity contribution < 1.29 is 30.9 Å². The molecule has 3 aromatic rings. The Balaban J connectivity index is 2.03. The number of nitrogens with zero attached hydrogens (tertiary/aromatic N) is 1. The molecule has 0 saturated carbocycles. The molecule has 186 valence electrons. The Bertz CT molecular complexity index is 1320. The summed E-state index contributed by atoms with van der Waals surface area (Å²) in [6, 6.07) is 7.84. The first-order valence-corrected chi connectivity index (χ1v) is 13.8. The number of nitrogens with one attached hydrogen (secondary N) is 1. The van der Waals surface area contributed by atoms with Crippen LogP contribution in [0.4, 0.5) is 13.2 Å². The minimum absolute atomic E-state index is 0.00140. The lowest BCUT2D eigenvalue weighted by molar-refractivity contribution is 0.0948. The molecule has 1 amide bonds. The highest BCUT2D eigenvalue weighted by atomic mass is 32.2. The molecule has 0 spiro atoms. The van der Waals surface area contributed by atoms with Gasteiger partial charge in [-0.3, -0.25) is 9.78 Å². The number of aromatic nitrogens is 1. The molecule has 1 aromatic heterocycles. The van der Waals surface area contributed by atoms with Crippen LogP contribution in [0, 0.1) is 24.4 Å². The third-order valence-electron chi connectivity index (χ3n) is 5.25. The third kappa shape index (κ3) is 6.41. The highest BCUT2D eigenvalue weighted by Gasteiger charge is 2.35. The average Bonchev–Trinajstić information content (AvgIpc) is 2.80. The van der Waals surface area contributed by atoms with Crippen LogP contribution >= 0.6 is 0 Å². The molecule has 0 bridgehead atoms. The summed E-state index contributed by atoms with van der Waals surface area (Å²) >= 11 is -0.987. The number of amides is 1. The summed E-state index contributed by atoms with van der Waals surface area (Å²) in [4.78, 5) is 16.2. The fourth-order valence-electron chi connectivity index (χ4n) is 3.51. The van der Waals surface area contributed by atoms with E-state index in [4.69, 9.17) is 0 Å². The molecule has 35 heavy (non-hydrogen) atoms. The van der Waals surface area contributed by atoms with Crippen LogP contribution in [0.1, 0.15) is 38.8 Å². The number of aryl methyl sites for hydroxylation is 1. The van der Waals surface area contributed by atoms with Crippen molar-refractivity contribution in [2.45, 2.75) is 23.5 Å². The summed E-state index contributed by atoms with van der Waals surface area (Å²) in [5.74, 6) is -2.53. The molecule has 0 aliphatic heterocycles. The first kappa shape index (κ1) is 26.7. The molecule has 2 unspecified atom stereocenters. The van der Waals surface area contributed by atoms with Crippen molar-refractivity contribution in [2.75, 3.05) is 18.6 Å². The zero-order valence-corrected chi connectivity index (χ0v) is 20.6. The summed E-state index contributed by atoms with van der Waals surface area (Å²) < 4.78 is 80.5. The van der Waals surface area contributed by atoms with Crippen molar-refractivity contribution in [3.63, 3.8) is 0 Å². The Labute approximate surface area is 204 Å². The van der Waals surface area contributed by atoms with E-state index in [-0.39, 0.29) is 22.7 Å². The quantitative estimate of drug-likeness (QED) is 0.260. The van der Waals surface area contributed by atoms with Crippen LogP contribution in [0.25, 0.3) is 0 Å². The first-order valence-electron chi connectivity index (χ1n) is 10.5. The smallest absolute Gasteiger partial charge is 0.269 e. The van der Waals surface area contributed by atoms with Gasteiger partial charge in [0, 0.05) is 24.7 Å². The van der Waals surface area contributed by atoms with Crippen LogP contribution in [0.15, 0.2) is 59.6 Å². The normalized spacial score (nSPS) is 13.3. The summed E-state index contributed by atoms with van der Waals surface area (Å²) in [6.07, 6.45) is 3.20. The summed E-state index contributed by atoms with van der Waals surface area (Å²) in [6.45, 7) is 1.80. The fourth-order valence-corrected chi connectivity index (χ4v) is 5.95. The molecule has 0 aliphatic carbocycles. The van der Waals surface area contributed by atoms with Gasteiger partial charge in [0.25, 0.3) is 5.91 Å². The van der Waals surface area contributed by atoms with Gasteiger partial charge in [-0.15, -0.1) is 0 Å². The average molecular weight is 525 g/mol. The van der Waals surface area contributed by atoms with Crippen LogP contribution in [0.5, 0.6) is 0 Å². The van der Waals surface area contributed by atoms with E-state index in [1.54, 1.807) is 6.26 Å². The first-order chi connectivity index (χ1) is 16.5. The van der Waals surface area contributed by atoms with Crippen LogP contribution in [-0.2, 0) is 21.0 Å². The Morgan fingerprint density at radius 2 is 1.71 bits per heavy atom. The second-order valence-corrected chi connectivity index (χ2v) is 11.4. The summed E-state index contributed by atoms with van der Waals surface area (Å²) in [5, 5.41) is 0.940. The zero-order chi connectivity index (χ0) is 25.8. The molecular weight excluding hydrogens is 501 g/mol. The van der Waals surface area contributed by atoms with Crippen LogP contribution in [-0.4, -0.2) is 42.4 Å². The molecule has 6 nitrogen and oxygen atoms in total. The fraction of sp³-hybridized carbons (Fsp3) is 0.250. The van der Waals surface area contributed by atoms with Gasteiger partial charge in [0.15, 0.2) is 9.84 Å². The van der Waals surface area contributed by atoms with Gasteiger partial charge in [0.2, 0.25) is 0 Å². The monoisotopic (exact) mass is 524 g/mol. The van der Waals surface area contributed by atoms with Crippen LogP contribution in [0.3, 0.4) is 0 Å². The van der Waals surface area contributed by atoms with E-state index in [0.717, 1.165) is 48.7 Å². The molecule has 1 heterocycles. The van der Waals surface area contributed by atoms with E-state index in [2.05, 4.69) is 10.3 Å². The highest BCUT2D eigenvalue weighted by molar-refractivity contribution is 7.92. The lowest BCUT2D eigenvalue weighted by atomic mass is 10.0. The van der Waals surface area contributed by atoms with E-state index in [9.17, 15) is 30.9 Å². The number of carbonyl (C=O) groups is 1. The summed E-state index contributed by atoms with van der Waals surface area (Å²) in [5.41, 5.74) is -0.0959. The number of pyridine rings is 1. The number of carbonyl (C=O) groups excluding carboxylic acids is 1. The third-order valence-corrected chi connectivity index (χ3v) is 8.17. The minimum Gasteiger partial charge on any atom is -0.617 e. The van der Waals surface area contributed by atoms with Crippen molar-refractivity contribution in [3.8, 4) is 0 Å². The molecular formula is C24H23F3N2O4S2. The lowest BCUT2D eigenvalue weighted by Gasteiger charge is -2.21. The summed E-state index contributed by atoms with van der Waals surface area (Å²) in [7, 11) is -4.39. The number of hydrogen-bond acceptors (Lipinski definition) is 5. The van der Waals surface area contributed by atoms with Gasteiger partial charge < -0.3 is 9.87 Å². The zero-order valence-electron chi connectivity index (χ0n) is 18.9. The van der Waals surface area contributed by atoms with Crippen molar-refractivity contribution >= 4 is 26.9 Å². The molecule has 1 N–H and O–H groups in total. The van der Waals surface area contributed by atoms with Gasteiger partial charge in [-0.05, 0) is 66.6 Å². The van der Waals surface area contributed by atoms with Crippen molar-refractivity contribution in [1.29, 1.82) is 0 Å². The Kier molecular flexibility index (Phi) is 8.57. The van der Waals surface area contributed by atoms with Gasteiger partial charge in [-0.1, -0.05) is 11.2 Å². The molecule has 3 rings (SSSR count). The van der Waals surface area contributed by atoms with Crippen LogP contribution in [0.2, 0.25) is 0 Å². The number of benzene rings is 2. The molecule has 0 aliphatic rings. The second kappa shape index (κ2) is 11.2. The molecule has 2 atom stereocenters. The molecule has 0 radical (unpaired) electrons. The van der Waals surface area contributed by atoms with Gasteiger partial charge in [-0.2, -0.15) is 0 Å². The highest BCUT2D eigenvalue weighted by Crippen LogP contribution is 2.38. The maximum absolute atomic E-state index is 14.8. The van der Waals surface area contributed by atoms with E-state index < -0.39 is 55.2 Å². The maximum atomic E-state index is 14.8. The van der Waals surface area contributed by atoms with Crippen molar-refractivity contribution in [2.24, 2.45) is 0 Å². The Morgan fingerprint density at radius 1 is 1.06 bits per heavy atom. The molecule has 11 heteroatoms. The number of halogens is 3. The van der Waals surface area contributed by atoms with Crippen molar-refractivity contribution in [1.82, 2.24) is 10.3 Å². The largest absolute Gasteiger partial charge is 0.617 e. The molecule has 2 aromatic carbocycles. The second-order valence-electron chi connectivity index (χ2n) is 7.86. The maximum Gasteiger partial charge on any atom is 0.269 e. The SMILES string of the molecule is Cc1cc(C(=O)NCCC[S+](C)[O-])ncc1C(c1cc(F)ccc1F)S(=O)(=O)c1ccc(F)cc1. The predicted molar refractivity (Wildman–Crippen MR) is 127 cm³/mol.